The Balaban J connectivity index is 1.72. The number of hydrogen-bond acceptors (Lipinski definition) is 4. The van der Waals surface area contributed by atoms with Gasteiger partial charge in [0.2, 0.25) is 0 Å². The first-order chi connectivity index (χ1) is 9.35. The predicted molar refractivity (Wildman–Crippen MR) is 72.9 cm³/mol. The van der Waals surface area contributed by atoms with Gasteiger partial charge in [-0.1, -0.05) is 6.07 Å². The standard InChI is InChI=1S/C14H17N4O/c19-9-11-6-3-7-13(15-11)16-14-8-12(17-18-14)10-4-1-2-5-10/h1,3,6-8,10,19H,2,4-5,9H2,(H2,15,16,17,18)/t10-/m0/s1. The molecule has 1 atom stereocenters. The average Bonchev–Trinajstić information content (AvgIpc) is 3.09. The monoisotopic (exact) mass is 257 g/mol. The summed E-state index contributed by atoms with van der Waals surface area (Å²) >= 11 is 0. The number of hydrogen-bond donors (Lipinski definition) is 3. The third-order valence-corrected chi connectivity index (χ3v) is 3.43. The molecule has 3 rings (SSSR count). The zero-order valence-corrected chi connectivity index (χ0v) is 10.6. The van der Waals surface area contributed by atoms with E-state index >= 15 is 0 Å². The van der Waals surface area contributed by atoms with Crippen molar-refractivity contribution in [2.45, 2.75) is 31.8 Å². The molecular formula is C14H17N4O. The molecule has 1 radical (unpaired) electrons. The van der Waals surface area contributed by atoms with Crippen molar-refractivity contribution < 1.29 is 5.11 Å². The Morgan fingerprint density at radius 3 is 3.11 bits per heavy atom. The molecule has 2 aromatic heterocycles. The van der Waals surface area contributed by atoms with Crippen LogP contribution in [0, 0.1) is 6.42 Å². The van der Waals surface area contributed by atoms with Crippen molar-refractivity contribution in [3.05, 3.63) is 42.1 Å². The molecule has 5 nitrogen and oxygen atoms in total. The minimum atomic E-state index is -0.0563. The molecule has 0 amide bonds. The predicted octanol–water partition coefficient (Wildman–Crippen LogP) is 2.51. The summed E-state index contributed by atoms with van der Waals surface area (Å²) in [5.74, 6) is 2.03. The maximum Gasteiger partial charge on any atom is 0.153 e. The van der Waals surface area contributed by atoms with Gasteiger partial charge in [-0.3, -0.25) is 5.10 Å². The third kappa shape index (κ3) is 2.76. The zero-order valence-electron chi connectivity index (χ0n) is 10.6. The number of aromatic nitrogens is 3. The number of aromatic amines is 1. The first-order valence-corrected chi connectivity index (χ1v) is 6.56. The molecular weight excluding hydrogens is 240 g/mol. The molecule has 0 aromatic carbocycles. The van der Waals surface area contributed by atoms with Crippen LogP contribution in [0.1, 0.15) is 36.6 Å². The first-order valence-electron chi connectivity index (χ1n) is 6.56. The number of rotatable bonds is 4. The van der Waals surface area contributed by atoms with Crippen LogP contribution >= 0.6 is 0 Å². The number of nitrogens with zero attached hydrogens (tertiary/aromatic N) is 2. The highest BCUT2D eigenvalue weighted by Gasteiger charge is 2.19. The van der Waals surface area contributed by atoms with E-state index < -0.39 is 0 Å². The second-order valence-corrected chi connectivity index (χ2v) is 4.80. The summed E-state index contributed by atoms with van der Waals surface area (Å²) in [5.41, 5.74) is 1.82. The summed E-state index contributed by atoms with van der Waals surface area (Å²) in [4.78, 5) is 4.27. The topological polar surface area (TPSA) is 73.8 Å². The Bertz CT molecular complexity index is 546. The van der Waals surface area contributed by atoms with Crippen molar-refractivity contribution >= 4 is 11.6 Å². The molecule has 2 aromatic rings. The molecule has 5 heteroatoms. The second kappa shape index (κ2) is 5.40. The quantitative estimate of drug-likeness (QED) is 0.786. The van der Waals surface area contributed by atoms with Gasteiger partial charge in [0.1, 0.15) is 5.82 Å². The van der Waals surface area contributed by atoms with Crippen LogP contribution in [0.3, 0.4) is 0 Å². The highest BCUT2D eigenvalue weighted by molar-refractivity contribution is 5.52. The fraction of sp³-hybridized carbons (Fsp3) is 0.357. The summed E-state index contributed by atoms with van der Waals surface area (Å²) in [6, 6.07) is 7.55. The summed E-state index contributed by atoms with van der Waals surface area (Å²) in [5, 5.41) is 19.6. The van der Waals surface area contributed by atoms with E-state index in [2.05, 4.69) is 26.9 Å². The van der Waals surface area contributed by atoms with E-state index in [0.29, 0.717) is 17.4 Å². The lowest BCUT2D eigenvalue weighted by Crippen LogP contribution is -1.96. The van der Waals surface area contributed by atoms with E-state index in [0.717, 1.165) is 12.2 Å². The highest BCUT2D eigenvalue weighted by atomic mass is 16.3. The fourth-order valence-electron chi connectivity index (χ4n) is 2.42. The van der Waals surface area contributed by atoms with Crippen molar-refractivity contribution in [2.75, 3.05) is 5.32 Å². The smallest absolute Gasteiger partial charge is 0.153 e. The number of aliphatic hydroxyl groups excluding tert-OH is 1. The van der Waals surface area contributed by atoms with Crippen molar-refractivity contribution in [2.24, 2.45) is 0 Å². The molecule has 1 aliphatic carbocycles. The lowest BCUT2D eigenvalue weighted by Gasteiger charge is -2.04. The minimum Gasteiger partial charge on any atom is -0.390 e. The van der Waals surface area contributed by atoms with Crippen molar-refractivity contribution in [1.29, 1.82) is 0 Å². The SMILES string of the molecule is OCc1cccc(Nc2cc([C@H]3C[CH]CC3)[nH]n2)n1. The lowest BCUT2D eigenvalue weighted by molar-refractivity contribution is 0.277. The summed E-state index contributed by atoms with van der Waals surface area (Å²) in [6.07, 6.45) is 5.83. The lowest BCUT2D eigenvalue weighted by atomic mass is 10.0. The van der Waals surface area contributed by atoms with Crippen LogP contribution in [0.5, 0.6) is 0 Å². The van der Waals surface area contributed by atoms with Crippen LogP contribution in [0.15, 0.2) is 24.3 Å². The van der Waals surface area contributed by atoms with Crippen LogP contribution in [0.2, 0.25) is 0 Å². The first kappa shape index (κ1) is 12.2. The third-order valence-electron chi connectivity index (χ3n) is 3.43. The molecule has 99 valence electrons. The van der Waals surface area contributed by atoms with E-state index in [9.17, 15) is 0 Å². The molecule has 19 heavy (non-hydrogen) atoms. The Morgan fingerprint density at radius 1 is 1.37 bits per heavy atom. The van der Waals surface area contributed by atoms with Gasteiger partial charge in [0.25, 0.3) is 0 Å². The van der Waals surface area contributed by atoms with Gasteiger partial charge >= 0.3 is 0 Å². The summed E-state index contributed by atoms with van der Waals surface area (Å²) in [7, 11) is 0. The number of pyridine rings is 1. The Hall–Kier alpha value is -1.88. The molecule has 1 saturated carbocycles. The van der Waals surface area contributed by atoms with Crippen molar-refractivity contribution in [3.63, 3.8) is 0 Å². The van der Waals surface area contributed by atoms with Gasteiger partial charge in [-0.05, 0) is 37.8 Å². The average molecular weight is 257 g/mol. The molecule has 0 bridgehead atoms. The molecule has 0 unspecified atom stereocenters. The molecule has 0 spiro atoms. The number of aliphatic hydroxyl groups is 1. The van der Waals surface area contributed by atoms with Crippen LogP contribution in [0.25, 0.3) is 0 Å². The van der Waals surface area contributed by atoms with Gasteiger partial charge in [-0.25, -0.2) is 4.98 Å². The van der Waals surface area contributed by atoms with Gasteiger partial charge in [-0.2, -0.15) is 5.10 Å². The summed E-state index contributed by atoms with van der Waals surface area (Å²) in [6.45, 7) is -0.0563. The largest absolute Gasteiger partial charge is 0.390 e. The maximum absolute atomic E-state index is 9.06. The molecule has 0 saturated heterocycles. The van der Waals surface area contributed by atoms with Gasteiger partial charge in [0, 0.05) is 17.7 Å². The van der Waals surface area contributed by atoms with Crippen LogP contribution in [0.4, 0.5) is 11.6 Å². The van der Waals surface area contributed by atoms with Gasteiger partial charge in [-0.15, -0.1) is 0 Å². The molecule has 2 heterocycles. The van der Waals surface area contributed by atoms with Gasteiger partial charge in [0.05, 0.1) is 12.3 Å². The van der Waals surface area contributed by atoms with Gasteiger partial charge < -0.3 is 10.4 Å². The number of nitrogens with one attached hydrogen (secondary N) is 2. The van der Waals surface area contributed by atoms with Crippen LogP contribution in [-0.2, 0) is 6.61 Å². The molecule has 0 aliphatic heterocycles. The second-order valence-electron chi connectivity index (χ2n) is 4.80. The number of H-pyrrole nitrogens is 1. The molecule has 1 fully saturated rings. The summed E-state index contributed by atoms with van der Waals surface area (Å²) < 4.78 is 0. The normalized spacial score (nSPS) is 15.8. The Morgan fingerprint density at radius 2 is 2.32 bits per heavy atom. The van der Waals surface area contributed by atoms with E-state index in [4.69, 9.17) is 5.11 Å². The maximum atomic E-state index is 9.06. The number of anilines is 2. The van der Waals surface area contributed by atoms with E-state index in [1.165, 1.54) is 18.5 Å². The van der Waals surface area contributed by atoms with E-state index in [-0.39, 0.29) is 6.61 Å². The van der Waals surface area contributed by atoms with Crippen LogP contribution in [-0.4, -0.2) is 20.3 Å². The minimum absolute atomic E-state index is 0.0563. The van der Waals surface area contributed by atoms with Crippen LogP contribution < -0.4 is 5.32 Å². The fourth-order valence-corrected chi connectivity index (χ4v) is 2.42. The molecule has 1 aliphatic rings. The van der Waals surface area contributed by atoms with Crippen molar-refractivity contribution in [1.82, 2.24) is 15.2 Å². The van der Waals surface area contributed by atoms with E-state index in [1.807, 2.05) is 18.2 Å². The highest BCUT2D eigenvalue weighted by Crippen LogP contribution is 2.33. The Kier molecular flexibility index (Phi) is 3.46. The Labute approximate surface area is 112 Å². The molecule has 3 N–H and O–H groups in total. The van der Waals surface area contributed by atoms with Gasteiger partial charge in [0.15, 0.2) is 5.82 Å². The zero-order chi connectivity index (χ0) is 13.1. The van der Waals surface area contributed by atoms with Crippen molar-refractivity contribution in [3.8, 4) is 0 Å². The van der Waals surface area contributed by atoms with E-state index in [1.54, 1.807) is 6.07 Å².